The fraction of sp³-hybridized carbons (Fsp3) is 0.385. The van der Waals surface area contributed by atoms with E-state index in [2.05, 4.69) is 70.5 Å². The quantitative estimate of drug-likeness (QED) is 0.629. The van der Waals surface area contributed by atoms with Gasteiger partial charge in [-0.3, -0.25) is 4.90 Å². The molecular formula is C26H33BrN2O. The maximum Gasteiger partial charge on any atom is 0.0249 e. The van der Waals surface area contributed by atoms with Crippen molar-refractivity contribution in [2.24, 2.45) is 0 Å². The van der Waals surface area contributed by atoms with Gasteiger partial charge >= 0.3 is 0 Å². The van der Waals surface area contributed by atoms with Gasteiger partial charge in [-0.25, -0.2) is 0 Å². The van der Waals surface area contributed by atoms with E-state index in [9.17, 15) is 0 Å². The Morgan fingerprint density at radius 2 is 1.40 bits per heavy atom. The Bertz CT molecular complexity index is 900. The highest BCUT2D eigenvalue weighted by molar-refractivity contribution is 8.93. The van der Waals surface area contributed by atoms with Crippen LogP contribution >= 0.6 is 17.0 Å². The highest BCUT2D eigenvalue weighted by atomic mass is 79.9. The second-order valence-electron chi connectivity index (χ2n) is 8.37. The first-order chi connectivity index (χ1) is 13.9. The summed E-state index contributed by atoms with van der Waals surface area (Å²) in [7, 11) is 0. The van der Waals surface area contributed by atoms with Crippen LogP contribution in [0.2, 0.25) is 0 Å². The van der Waals surface area contributed by atoms with E-state index in [0.29, 0.717) is 0 Å². The van der Waals surface area contributed by atoms with Crippen molar-refractivity contribution in [1.82, 2.24) is 9.80 Å². The van der Waals surface area contributed by atoms with Crippen LogP contribution in [0.1, 0.15) is 42.4 Å². The molecule has 2 heterocycles. The molecule has 0 bridgehead atoms. The molecule has 2 aromatic rings. The number of likely N-dealkylation sites (tertiary alicyclic amines) is 1. The minimum absolute atomic E-state index is 0. The first-order valence-corrected chi connectivity index (χ1v) is 10.9. The van der Waals surface area contributed by atoms with E-state index in [1.165, 1.54) is 85.3 Å². The molecule has 4 heteroatoms. The smallest absolute Gasteiger partial charge is 0.0249 e. The third kappa shape index (κ3) is 4.62. The summed E-state index contributed by atoms with van der Waals surface area (Å²) in [5, 5.41) is 0. The van der Waals surface area contributed by atoms with Gasteiger partial charge in [-0.15, -0.1) is 17.0 Å². The Labute approximate surface area is 191 Å². The molecule has 3 aliphatic rings. The van der Waals surface area contributed by atoms with Gasteiger partial charge in [0.15, 0.2) is 0 Å². The zero-order chi connectivity index (χ0) is 18.8. The van der Waals surface area contributed by atoms with E-state index >= 15 is 0 Å². The van der Waals surface area contributed by atoms with Gasteiger partial charge in [-0.05, 0) is 72.3 Å². The van der Waals surface area contributed by atoms with Crippen molar-refractivity contribution < 1.29 is 5.48 Å². The summed E-state index contributed by atoms with van der Waals surface area (Å²) in [6.07, 6.45) is 7.95. The fourth-order valence-corrected chi connectivity index (χ4v) is 5.11. The van der Waals surface area contributed by atoms with Crippen molar-refractivity contribution in [3.8, 4) is 0 Å². The summed E-state index contributed by atoms with van der Waals surface area (Å²) >= 11 is 0. The lowest BCUT2D eigenvalue weighted by atomic mass is 9.96. The van der Waals surface area contributed by atoms with Crippen LogP contribution in [0.5, 0.6) is 0 Å². The molecule has 160 valence electrons. The lowest BCUT2D eigenvalue weighted by Gasteiger charge is -2.30. The van der Waals surface area contributed by atoms with Crippen LogP contribution in [0, 0.1) is 0 Å². The molecular weight excluding hydrogens is 436 g/mol. The van der Waals surface area contributed by atoms with Gasteiger partial charge in [0.25, 0.3) is 0 Å². The standard InChI is InChI=1S/C26H30N2.BrH.H2O/c1-3-10-21(11-4-1)26-24-13-6-5-12-22(24)23-14-19-28(20-25(23)26)18-9-17-27-15-7-2-8-16-27;;/h1,3-6,10-14H,2,7-9,15-20H2;1H;1H2. The Hall–Kier alpha value is -1.72. The molecule has 1 aliphatic carbocycles. The van der Waals surface area contributed by atoms with E-state index in [1.54, 1.807) is 0 Å². The molecule has 0 spiro atoms. The van der Waals surface area contributed by atoms with Gasteiger partial charge in [-0.1, -0.05) is 67.1 Å². The van der Waals surface area contributed by atoms with Crippen molar-refractivity contribution in [3.63, 3.8) is 0 Å². The number of rotatable bonds is 5. The number of hydrogen-bond donors (Lipinski definition) is 0. The number of hydrogen-bond acceptors (Lipinski definition) is 2. The monoisotopic (exact) mass is 468 g/mol. The second-order valence-corrected chi connectivity index (χ2v) is 8.37. The van der Waals surface area contributed by atoms with E-state index in [1.807, 2.05) is 0 Å². The van der Waals surface area contributed by atoms with E-state index in [0.717, 1.165) is 13.1 Å². The zero-order valence-electron chi connectivity index (χ0n) is 17.6. The Morgan fingerprint density at radius 1 is 0.733 bits per heavy atom. The molecule has 0 aromatic heterocycles. The predicted octanol–water partition coefficient (Wildman–Crippen LogP) is 4.83. The predicted molar refractivity (Wildman–Crippen MR) is 132 cm³/mol. The van der Waals surface area contributed by atoms with E-state index in [4.69, 9.17) is 0 Å². The molecule has 0 atom stereocenters. The molecule has 1 saturated heterocycles. The lowest BCUT2D eigenvalue weighted by molar-refractivity contribution is 0.210. The number of fused-ring (bicyclic) bond motifs is 3. The van der Waals surface area contributed by atoms with Crippen molar-refractivity contribution in [2.75, 3.05) is 39.3 Å². The molecule has 2 aliphatic heterocycles. The highest BCUT2D eigenvalue weighted by Crippen LogP contribution is 2.45. The van der Waals surface area contributed by atoms with Crippen LogP contribution in [0.4, 0.5) is 0 Å². The summed E-state index contributed by atoms with van der Waals surface area (Å²) in [5.74, 6) is 0. The van der Waals surface area contributed by atoms with Crippen molar-refractivity contribution in [2.45, 2.75) is 25.7 Å². The van der Waals surface area contributed by atoms with Gasteiger partial charge in [0.1, 0.15) is 0 Å². The van der Waals surface area contributed by atoms with Crippen LogP contribution in [-0.2, 0) is 0 Å². The third-order valence-electron chi connectivity index (χ3n) is 6.51. The summed E-state index contributed by atoms with van der Waals surface area (Å²) in [6, 6.07) is 19.9. The van der Waals surface area contributed by atoms with Crippen molar-refractivity contribution in [3.05, 3.63) is 82.9 Å². The minimum Gasteiger partial charge on any atom is -0.412 e. The largest absolute Gasteiger partial charge is 0.412 e. The number of halogens is 1. The summed E-state index contributed by atoms with van der Waals surface area (Å²) in [6.45, 7) is 7.23. The third-order valence-corrected chi connectivity index (χ3v) is 6.51. The molecule has 5 rings (SSSR count). The SMILES string of the molecule is Br.C1=C2C(=C(c3ccccc3)c3ccccc32)CN(CCCN2CCCCC2)C1.O. The number of benzene rings is 2. The molecule has 0 amide bonds. The Balaban J connectivity index is 0.00000128. The Morgan fingerprint density at radius 3 is 2.17 bits per heavy atom. The van der Waals surface area contributed by atoms with Gasteiger partial charge in [0.05, 0.1) is 0 Å². The average Bonchev–Trinajstić information content (AvgIpc) is 3.09. The zero-order valence-corrected chi connectivity index (χ0v) is 19.4. The first-order valence-electron chi connectivity index (χ1n) is 10.9. The normalized spacial score (nSPS) is 18.7. The maximum absolute atomic E-state index is 2.66. The van der Waals surface area contributed by atoms with Crippen LogP contribution in [0.15, 0.2) is 66.2 Å². The highest BCUT2D eigenvalue weighted by Gasteiger charge is 2.30. The van der Waals surface area contributed by atoms with Crippen molar-refractivity contribution >= 4 is 28.1 Å². The van der Waals surface area contributed by atoms with Gasteiger partial charge in [0, 0.05) is 19.6 Å². The topological polar surface area (TPSA) is 38.0 Å². The molecule has 0 saturated carbocycles. The van der Waals surface area contributed by atoms with E-state index in [-0.39, 0.29) is 22.5 Å². The van der Waals surface area contributed by atoms with Gasteiger partial charge in [-0.2, -0.15) is 0 Å². The molecule has 0 unspecified atom stereocenters. The summed E-state index contributed by atoms with van der Waals surface area (Å²) in [4.78, 5) is 5.30. The summed E-state index contributed by atoms with van der Waals surface area (Å²) < 4.78 is 0. The fourth-order valence-electron chi connectivity index (χ4n) is 5.11. The van der Waals surface area contributed by atoms with Gasteiger partial charge < -0.3 is 10.4 Å². The van der Waals surface area contributed by atoms with Crippen LogP contribution in [-0.4, -0.2) is 54.5 Å². The average molecular weight is 469 g/mol. The van der Waals surface area contributed by atoms with Crippen LogP contribution < -0.4 is 0 Å². The molecule has 3 nitrogen and oxygen atoms in total. The minimum atomic E-state index is 0. The molecule has 1 fully saturated rings. The van der Waals surface area contributed by atoms with Crippen LogP contribution in [0.25, 0.3) is 11.1 Å². The number of nitrogens with zero attached hydrogens (tertiary/aromatic N) is 2. The van der Waals surface area contributed by atoms with Gasteiger partial charge in [0.2, 0.25) is 0 Å². The maximum atomic E-state index is 2.66. The number of piperidine rings is 1. The van der Waals surface area contributed by atoms with Crippen molar-refractivity contribution in [1.29, 1.82) is 0 Å². The van der Waals surface area contributed by atoms with E-state index < -0.39 is 0 Å². The second kappa shape index (κ2) is 10.5. The first kappa shape index (κ1) is 23.0. The Kier molecular flexibility index (Phi) is 8.06. The molecule has 2 aromatic carbocycles. The molecule has 0 radical (unpaired) electrons. The van der Waals surface area contributed by atoms with Crippen LogP contribution in [0.3, 0.4) is 0 Å². The molecule has 2 N–H and O–H groups in total. The lowest BCUT2D eigenvalue weighted by Crippen LogP contribution is -2.35. The molecule has 30 heavy (non-hydrogen) atoms. The summed E-state index contributed by atoms with van der Waals surface area (Å²) in [5.41, 5.74) is 8.62.